The molecule has 3 aromatic carbocycles. The summed E-state index contributed by atoms with van der Waals surface area (Å²) in [6.07, 6.45) is 1.11. The highest BCUT2D eigenvalue weighted by atomic mass is 19.1. The number of halogens is 2. The number of benzene rings is 3. The van der Waals surface area contributed by atoms with Crippen molar-refractivity contribution >= 4 is 17.2 Å². The Morgan fingerprint density at radius 3 is 2.59 bits per heavy atom. The van der Waals surface area contributed by atoms with E-state index in [1.54, 1.807) is 12.1 Å². The molecule has 6 heteroatoms. The number of aldehydes is 1. The summed E-state index contributed by atoms with van der Waals surface area (Å²) in [5, 5.41) is 6.59. The molecule has 4 nitrogen and oxygen atoms in total. The Balaban J connectivity index is 1.72. The van der Waals surface area contributed by atoms with Gasteiger partial charge in [0.25, 0.3) is 0 Å². The number of ether oxygens (including phenoxy) is 1. The van der Waals surface area contributed by atoms with E-state index < -0.39 is 11.6 Å². The highest BCUT2D eigenvalue weighted by Crippen LogP contribution is 2.34. The minimum Gasteiger partial charge on any atom is -0.486 e. The molecule has 0 saturated heterocycles. The fourth-order valence-electron chi connectivity index (χ4n) is 3.37. The number of rotatable bonds is 6. The van der Waals surface area contributed by atoms with Gasteiger partial charge in [0.05, 0.1) is 10.9 Å². The zero-order valence-electron chi connectivity index (χ0n) is 15.7. The first kappa shape index (κ1) is 18.8. The molecule has 0 fully saturated rings. The van der Waals surface area contributed by atoms with Crippen molar-refractivity contribution in [3.63, 3.8) is 0 Å². The quantitative estimate of drug-likeness (QED) is 0.443. The molecule has 1 aromatic heterocycles. The van der Waals surface area contributed by atoms with E-state index in [0.29, 0.717) is 29.4 Å². The summed E-state index contributed by atoms with van der Waals surface area (Å²) in [4.78, 5) is 11.0. The monoisotopic (exact) mass is 392 g/mol. The van der Waals surface area contributed by atoms with Crippen molar-refractivity contribution in [2.75, 3.05) is 0 Å². The van der Waals surface area contributed by atoms with Crippen LogP contribution in [0.4, 0.5) is 8.78 Å². The van der Waals surface area contributed by atoms with Gasteiger partial charge in [0.2, 0.25) is 0 Å². The van der Waals surface area contributed by atoms with E-state index in [-0.39, 0.29) is 23.4 Å². The Kier molecular flexibility index (Phi) is 5.08. The third-order valence-corrected chi connectivity index (χ3v) is 4.84. The summed E-state index contributed by atoms with van der Waals surface area (Å²) >= 11 is 0. The molecule has 4 aromatic rings. The molecule has 4 rings (SSSR count). The van der Waals surface area contributed by atoms with E-state index in [4.69, 9.17) is 4.74 Å². The SMILES string of the molecule is CCc1cc(OCc2ccccc2)c(F)cc1-c1cc(F)c2c(C=O)n[nH]c2c1. The van der Waals surface area contributed by atoms with Crippen LogP contribution in [0.15, 0.2) is 54.6 Å². The van der Waals surface area contributed by atoms with Gasteiger partial charge in [0.15, 0.2) is 17.9 Å². The van der Waals surface area contributed by atoms with E-state index in [2.05, 4.69) is 10.2 Å². The second-order valence-corrected chi connectivity index (χ2v) is 6.67. The summed E-state index contributed by atoms with van der Waals surface area (Å²) in [7, 11) is 0. The molecule has 146 valence electrons. The molecular weight excluding hydrogens is 374 g/mol. The Bertz CT molecular complexity index is 1190. The second kappa shape index (κ2) is 7.83. The first-order chi connectivity index (χ1) is 14.1. The van der Waals surface area contributed by atoms with Gasteiger partial charge in [-0.1, -0.05) is 37.3 Å². The third-order valence-electron chi connectivity index (χ3n) is 4.84. The average molecular weight is 392 g/mol. The Morgan fingerprint density at radius 2 is 1.86 bits per heavy atom. The largest absolute Gasteiger partial charge is 0.486 e. The Morgan fingerprint density at radius 1 is 1.07 bits per heavy atom. The molecule has 1 N–H and O–H groups in total. The molecule has 0 bridgehead atoms. The maximum absolute atomic E-state index is 14.7. The highest BCUT2D eigenvalue weighted by Gasteiger charge is 2.16. The van der Waals surface area contributed by atoms with Gasteiger partial charge in [0, 0.05) is 0 Å². The molecule has 0 aliphatic heterocycles. The molecule has 0 amide bonds. The number of aromatic amines is 1. The van der Waals surface area contributed by atoms with Crippen molar-refractivity contribution in [2.24, 2.45) is 0 Å². The van der Waals surface area contributed by atoms with Crippen molar-refractivity contribution in [1.29, 1.82) is 0 Å². The second-order valence-electron chi connectivity index (χ2n) is 6.67. The maximum Gasteiger partial charge on any atom is 0.171 e. The fourth-order valence-corrected chi connectivity index (χ4v) is 3.37. The van der Waals surface area contributed by atoms with Crippen LogP contribution in [0.1, 0.15) is 28.5 Å². The van der Waals surface area contributed by atoms with Gasteiger partial charge in [-0.05, 0) is 52.9 Å². The van der Waals surface area contributed by atoms with Crippen LogP contribution in [0.25, 0.3) is 22.0 Å². The number of carbonyl (C=O) groups is 1. The molecule has 1 heterocycles. The van der Waals surface area contributed by atoms with Crippen molar-refractivity contribution in [1.82, 2.24) is 10.2 Å². The Hall–Kier alpha value is -3.54. The number of aromatic nitrogens is 2. The van der Waals surface area contributed by atoms with Crippen molar-refractivity contribution in [3.05, 3.63) is 83.1 Å². The van der Waals surface area contributed by atoms with Crippen molar-refractivity contribution in [2.45, 2.75) is 20.0 Å². The number of aryl methyl sites for hydroxylation is 1. The summed E-state index contributed by atoms with van der Waals surface area (Å²) < 4.78 is 35.0. The fraction of sp³-hybridized carbons (Fsp3) is 0.130. The molecule has 0 radical (unpaired) electrons. The number of nitrogens with one attached hydrogen (secondary N) is 1. The molecular formula is C23H18F2N2O2. The van der Waals surface area contributed by atoms with Gasteiger partial charge < -0.3 is 4.74 Å². The lowest BCUT2D eigenvalue weighted by molar-refractivity contribution is 0.112. The normalized spacial score (nSPS) is 11.0. The average Bonchev–Trinajstić information content (AvgIpc) is 3.17. The molecule has 0 spiro atoms. The third kappa shape index (κ3) is 3.61. The summed E-state index contributed by atoms with van der Waals surface area (Å²) in [6.45, 7) is 2.19. The van der Waals surface area contributed by atoms with Gasteiger partial charge in [0.1, 0.15) is 18.1 Å². The first-order valence-corrected chi connectivity index (χ1v) is 9.23. The first-order valence-electron chi connectivity index (χ1n) is 9.23. The Labute approximate surface area is 166 Å². The number of fused-ring (bicyclic) bond motifs is 1. The van der Waals surface area contributed by atoms with Crippen molar-refractivity contribution in [3.8, 4) is 16.9 Å². The van der Waals surface area contributed by atoms with Gasteiger partial charge >= 0.3 is 0 Å². The molecule has 0 atom stereocenters. The van der Waals surface area contributed by atoms with Crippen LogP contribution >= 0.6 is 0 Å². The number of H-pyrrole nitrogens is 1. The van der Waals surface area contributed by atoms with Crippen molar-refractivity contribution < 1.29 is 18.3 Å². The van der Waals surface area contributed by atoms with E-state index in [1.165, 1.54) is 12.1 Å². The van der Waals surface area contributed by atoms with Crippen LogP contribution in [0.5, 0.6) is 5.75 Å². The van der Waals surface area contributed by atoms with Crippen LogP contribution < -0.4 is 4.74 Å². The van der Waals surface area contributed by atoms with E-state index in [9.17, 15) is 13.6 Å². The van der Waals surface area contributed by atoms with Crippen LogP contribution in [0.3, 0.4) is 0 Å². The van der Waals surface area contributed by atoms with E-state index >= 15 is 0 Å². The van der Waals surface area contributed by atoms with Gasteiger partial charge in [-0.15, -0.1) is 0 Å². The van der Waals surface area contributed by atoms with Crippen LogP contribution in [-0.2, 0) is 13.0 Å². The summed E-state index contributed by atoms with van der Waals surface area (Å²) in [6, 6.07) is 15.5. The minimum atomic E-state index is -0.583. The standard InChI is InChI=1S/C23H18F2N2O2/c1-2-15-10-22(29-13-14-6-4-3-5-7-14)18(24)11-17(15)16-8-19(25)23-20(9-16)26-27-21(23)12-28/h3-12H,2,13H2,1H3,(H,26,27). The predicted molar refractivity (Wildman–Crippen MR) is 107 cm³/mol. The predicted octanol–water partition coefficient (Wildman–Crippen LogP) is 5.46. The zero-order valence-corrected chi connectivity index (χ0v) is 15.7. The van der Waals surface area contributed by atoms with E-state index in [0.717, 1.165) is 11.1 Å². The smallest absolute Gasteiger partial charge is 0.171 e. The lowest BCUT2D eigenvalue weighted by Crippen LogP contribution is -2.00. The van der Waals surface area contributed by atoms with Gasteiger partial charge in [-0.25, -0.2) is 8.78 Å². The number of hydrogen-bond acceptors (Lipinski definition) is 3. The van der Waals surface area contributed by atoms with Crippen LogP contribution in [-0.4, -0.2) is 16.5 Å². The minimum absolute atomic E-state index is 0.00982. The topological polar surface area (TPSA) is 55.0 Å². The molecule has 0 aliphatic rings. The molecule has 0 aliphatic carbocycles. The van der Waals surface area contributed by atoms with Crippen LogP contribution in [0, 0.1) is 11.6 Å². The lowest BCUT2D eigenvalue weighted by Gasteiger charge is -2.14. The number of hydrogen-bond donors (Lipinski definition) is 1. The lowest BCUT2D eigenvalue weighted by atomic mass is 9.96. The number of carbonyl (C=O) groups excluding carboxylic acids is 1. The molecule has 29 heavy (non-hydrogen) atoms. The van der Waals surface area contributed by atoms with E-state index in [1.807, 2.05) is 37.3 Å². The number of nitrogens with zero attached hydrogens (tertiary/aromatic N) is 1. The van der Waals surface area contributed by atoms with Crippen LogP contribution in [0.2, 0.25) is 0 Å². The zero-order chi connectivity index (χ0) is 20.4. The highest BCUT2D eigenvalue weighted by molar-refractivity contribution is 5.97. The summed E-state index contributed by atoms with van der Waals surface area (Å²) in [5.74, 6) is -0.951. The van der Waals surface area contributed by atoms with Gasteiger partial charge in [-0.2, -0.15) is 5.10 Å². The van der Waals surface area contributed by atoms with Gasteiger partial charge in [-0.3, -0.25) is 9.89 Å². The molecule has 0 saturated carbocycles. The summed E-state index contributed by atoms with van der Waals surface area (Å²) in [5.41, 5.74) is 3.22. The molecule has 0 unspecified atom stereocenters. The maximum atomic E-state index is 14.7.